The highest BCUT2D eigenvalue weighted by Gasteiger charge is 2.17. The zero-order valence-electron chi connectivity index (χ0n) is 20.4. The van der Waals surface area contributed by atoms with Crippen molar-refractivity contribution in [2.24, 2.45) is 0 Å². The first-order valence-corrected chi connectivity index (χ1v) is 12.8. The minimum atomic E-state index is 1.22. The molecule has 0 aliphatic carbocycles. The molecule has 0 saturated heterocycles. The molecule has 0 heterocycles. The third-order valence-corrected chi connectivity index (χ3v) is 7.38. The first-order valence-electron chi connectivity index (χ1n) is 12.8. The van der Waals surface area contributed by atoms with Crippen LogP contribution in [0.2, 0.25) is 0 Å². The van der Waals surface area contributed by atoms with E-state index in [1.807, 2.05) is 0 Å². The topological polar surface area (TPSA) is 0 Å². The van der Waals surface area contributed by atoms with E-state index in [1.54, 1.807) is 0 Å². The average molecular weight is 470 g/mol. The van der Waals surface area contributed by atoms with Crippen LogP contribution in [0.3, 0.4) is 0 Å². The van der Waals surface area contributed by atoms with Crippen molar-refractivity contribution in [3.8, 4) is 11.1 Å². The van der Waals surface area contributed by atoms with Gasteiger partial charge in [0.25, 0.3) is 0 Å². The van der Waals surface area contributed by atoms with E-state index in [1.165, 1.54) is 66.1 Å². The van der Waals surface area contributed by atoms with Gasteiger partial charge in [-0.05, 0) is 66.2 Å². The van der Waals surface area contributed by atoms with Gasteiger partial charge < -0.3 is 0 Å². The summed E-state index contributed by atoms with van der Waals surface area (Å²) in [6, 6.07) is 54.8. The van der Waals surface area contributed by atoms with Crippen LogP contribution < -0.4 is 0 Å². The first-order chi connectivity index (χ1) is 18.4. The van der Waals surface area contributed by atoms with Crippen molar-refractivity contribution >= 4 is 32.3 Å². The summed E-state index contributed by atoms with van der Waals surface area (Å²) in [5.41, 5.74) is 6.14. The molecule has 0 amide bonds. The van der Waals surface area contributed by atoms with E-state index < -0.39 is 0 Å². The Bertz CT molecular complexity index is 1770. The van der Waals surface area contributed by atoms with Crippen molar-refractivity contribution in [1.82, 2.24) is 0 Å². The lowest BCUT2D eigenvalue weighted by atomic mass is 9.84. The third-order valence-electron chi connectivity index (χ3n) is 7.38. The summed E-state index contributed by atoms with van der Waals surface area (Å²) < 4.78 is 0. The lowest BCUT2D eigenvalue weighted by molar-refractivity contribution is 1.23. The molecule has 0 aromatic heterocycles. The molecule has 7 aromatic rings. The quantitative estimate of drug-likeness (QED) is 0.178. The molecule has 0 bridgehead atoms. The third kappa shape index (κ3) is 3.79. The molecule has 0 atom stereocenters. The second-order valence-electron chi connectivity index (χ2n) is 9.54. The van der Waals surface area contributed by atoms with E-state index in [-0.39, 0.29) is 0 Å². The minimum absolute atomic E-state index is 1.22. The SMILES string of the molecule is c1ccc([C](c2ccccc2)c2ccc(-c3ccc4c5ccccc5c5ccccc5c4c3)cc2)cc1. The van der Waals surface area contributed by atoms with Gasteiger partial charge in [0, 0.05) is 0 Å². The van der Waals surface area contributed by atoms with Crippen molar-refractivity contribution in [3.63, 3.8) is 0 Å². The molecule has 37 heavy (non-hydrogen) atoms. The highest BCUT2D eigenvalue weighted by molar-refractivity contribution is 6.25. The maximum Gasteiger partial charge on any atom is 0.0629 e. The van der Waals surface area contributed by atoms with E-state index >= 15 is 0 Å². The highest BCUT2D eigenvalue weighted by Crippen LogP contribution is 2.38. The maximum absolute atomic E-state index is 2.36. The van der Waals surface area contributed by atoms with Crippen LogP contribution in [0.25, 0.3) is 43.4 Å². The molecule has 7 rings (SSSR count). The molecule has 173 valence electrons. The van der Waals surface area contributed by atoms with Crippen LogP contribution in [0, 0.1) is 5.92 Å². The van der Waals surface area contributed by atoms with Crippen molar-refractivity contribution < 1.29 is 0 Å². The van der Waals surface area contributed by atoms with Gasteiger partial charge in [-0.1, -0.05) is 146 Å². The Labute approximate surface area is 217 Å². The Kier molecular flexibility index (Phi) is 5.30. The lowest BCUT2D eigenvalue weighted by Crippen LogP contribution is -2.04. The molecule has 0 aliphatic rings. The number of rotatable bonds is 4. The van der Waals surface area contributed by atoms with Gasteiger partial charge in [-0.3, -0.25) is 0 Å². The number of hydrogen-bond donors (Lipinski definition) is 0. The molecule has 1 radical (unpaired) electrons. The Morgan fingerprint density at radius 3 is 1.16 bits per heavy atom. The predicted molar refractivity (Wildman–Crippen MR) is 158 cm³/mol. The second-order valence-corrected chi connectivity index (χ2v) is 9.54. The van der Waals surface area contributed by atoms with Gasteiger partial charge in [0.15, 0.2) is 0 Å². The van der Waals surface area contributed by atoms with E-state index in [0.717, 1.165) is 0 Å². The number of benzene rings is 7. The van der Waals surface area contributed by atoms with Crippen LogP contribution in [-0.4, -0.2) is 0 Å². The largest absolute Gasteiger partial charge is 0.0629 e. The van der Waals surface area contributed by atoms with Crippen LogP contribution in [0.4, 0.5) is 0 Å². The Morgan fingerprint density at radius 1 is 0.270 bits per heavy atom. The number of hydrogen-bond acceptors (Lipinski definition) is 0. The van der Waals surface area contributed by atoms with E-state index in [0.29, 0.717) is 0 Å². The average Bonchev–Trinajstić information content (AvgIpc) is 2.99. The summed E-state index contributed by atoms with van der Waals surface area (Å²) >= 11 is 0. The maximum atomic E-state index is 2.36. The van der Waals surface area contributed by atoms with Crippen LogP contribution in [0.15, 0.2) is 152 Å². The first kappa shape index (κ1) is 21.6. The molecular weight excluding hydrogens is 444 g/mol. The standard InChI is InChI=1S/C37H25/c1-3-11-27(12-4-1)37(28-13-5-2-6-14-28)29-21-19-26(20-22-29)30-23-24-35-33-17-8-7-15-31(33)32-16-9-10-18-34(32)36(35)25-30/h1-25H. The fourth-order valence-corrected chi connectivity index (χ4v) is 5.63. The van der Waals surface area contributed by atoms with Gasteiger partial charge >= 0.3 is 0 Å². The Balaban J connectivity index is 1.35. The van der Waals surface area contributed by atoms with E-state index in [9.17, 15) is 0 Å². The summed E-state index contributed by atoms with van der Waals surface area (Å²) in [7, 11) is 0. The molecule has 7 aromatic carbocycles. The second kappa shape index (κ2) is 9.08. The smallest absolute Gasteiger partial charge is 0.0622 e. The molecule has 0 saturated carbocycles. The monoisotopic (exact) mass is 469 g/mol. The highest BCUT2D eigenvalue weighted by atomic mass is 14.2. The van der Waals surface area contributed by atoms with Gasteiger partial charge in [-0.25, -0.2) is 0 Å². The minimum Gasteiger partial charge on any atom is -0.0622 e. The van der Waals surface area contributed by atoms with Crippen molar-refractivity contribution in [2.75, 3.05) is 0 Å². The van der Waals surface area contributed by atoms with Gasteiger partial charge in [0.2, 0.25) is 0 Å². The zero-order chi connectivity index (χ0) is 24.6. The van der Waals surface area contributed by atoms with Gasteiger partial charge in [0.05, 0.1) is 5.92 Å². The molecule has 0 N–H and O–H groups in total. The van der Waals surface area contributed by atoms with Gasteiger partial charge in [-0.15, -0.1) is 0 Å². The molecule has 0 nitrogen and oxygen atoms in total. The van der Waals surface area contributed by atoms with Crippen LogP contribution in [0.1, 0.15) is 16.7 Å². The van der Waals surface area contributed by atoms with E-state index in [2.05, 4.69) is 152 Å². The molecule has 0 spiro atoms. The molecule has 0 unspecified atom stereocenters. The zero-order valence-corrected chi connectivity index (χ0v) is 20.4. The van der Waals surface area contributed by atoms with Crippen LogP contribution in [-0.2, 0) is 0 Å². The normalized spacial score (nSPS) is 11.5. The van der Waals surface area contributed by atoms with Crippen molar-refractivity contribution in [1.29, 1.82) is 0 Å². The van der Waals surface area contributed by atoms with Crippen LogP contribution in [0.5, 0.6) is 0 Å². The van der Waals surface area contributed by atoms with Gasteiger partial charge in [-0.2, -0.15) is 0 Å². The molecule has 0 aliphatic heterocycles. The summed E-state index contributed by atoms with van der Waals surface area (Å²) in [6.07, 6.45) is 0. The Morgan fingerprint density at radius 2 is 0.649 bits per heavy atom. The number of fused-ring (bicyclic) bond motifs is 6. The van der Waals surface area contributed by atoms with E-state index in [4.69, 9.17) is 0 Å². The summed E-state index contributed by atoms with van der Waals surface area (Å²) in [5.74, 6) is 1.25. The molecular formula is C37H25. The lowest BCUT2D eigenvalue weighted by Gasteiger charge is -2.18. The van der Waals surface area contributed by atoms with Gasteiger partial charge in [0.1, 0.15) is 0 Å². The fraction of sp³-hybridized carbons (Fsp3) is 0. The Hall–Kier alpha value is -4.68. The van der Waals surface area contributed by atoms with Crippen LogP contribution >= 0.6 is 0 Å². The summed E-state index contributed by atoms with van der Waals surface area (Å²) in [6.45, 7) is 0. The molecule has 0 fully saturated rings. The summed E-state index contributed by atoms with van der Waals surface area (Å²) in [4.78, 5) is 0. The van der Waals surface area contributed by atoms with Crippen molar-refractivity contribution in [3.05, 3.63) is 174 Å². The fourth-order valence-electron chi connectivity index (χ4n) is 5.63. The summed E-state index contributed by atoms with van der Waals surface area (Å²) in [5, 5.41) is 7.84. The van der Waals surface area contributed by atoms with Crippen molar-refractivity contribution in [2.45, 2.75) is 0 Å². The predicted octanol–water partition coefficient (Wildman–Crippen LogP) is 9.83. The molecule has 0 heteroatoms.